The van der Waals surface area contributed by atoms with Crippen LogP contribution in [0.5, 0.6) is 0 Å². The molecular formula is C29H25N3O. The highest BCUT2D eigenvalue weighted by molar-refractivity contribution is 6.12. The van der Waals surface area contributed by atoms with Gasteiger partial charge in [0, 0.05) is 44.8 Å². The Bertz CT molecular complexity index is 1520. The van der Waals surface area contributed by atoms with Crippen LogP contribution in [-0.4, -0.2) is 22.4 Å². The number of furan rings is 1. The van der Waals surface area contributed by atoms with Crippen LogP contribution in [0.1, 0.15) is 53.3 Å². The quantitative estimate of drug-likeness (QED) is 0.331. The minimum atomic E-state index is -0.0911. The molecule has 3 unspecified atom stereocenters. The fourth-order valence-corrected chi connectivity index (χ4v) is 5.52. The van der Waals surface area contributed by atoms with Crippen molar-refractivity contribution in [3.8, 4) is 0 Å². The minimum Gasteiger partial charge on any atom is -0.437 e. The third kappa shape index (κ3) is 2.87. The number of rotatable bonds is 4. The third-order valence-corrected chi connectivity index (χ3v) is 6.96. The van der Waals surface area contributed by atoms with Crippen LogP contribution in [0.3, 0.4) is 0 Å². The second-order valence-electron chi connectivity index (χ2n) is 8.89. The van der Waals surface area contributed by atoms with Crippen LogP contribution in [0.2, 0.25) is 0 Å². The largest absolute Gasteiger partial charge is 0.437 e. The second kappa shape index (κ2) is 7.38. The number of allylic oxidation sites excluding steroid dienone is 1. The van der Waals surface area contributed by atoms with E-state index in [0.29, 0.717) is 5.71 Å². The fourth-order valence-electron chi connectivity index (χ4n) is 5.52. The minimum absolute atomic E-state index is 0.0258. The maximum Gasteiger partial charge on any atom is 0.227 e. The highest BCUT2D eigenvalue weighted by Crippen LogP contribution is 2.49. The standard InChI is InChI=1S/C29H25N3O/c1-5-9-24-25(20-11-8-7-10-19(20)23(6-2)32-24)27-26-18(17(4)31-27)14-15-21-22-13-12-16(3)30-29(22)33-28(21)26/h5-8,10-15,24-25,27H,1-2,9H2,3-4H3. The average molecular weight is 432 g/mol. The first-order valence-corrected chi connectivity index (χ1v) is 11.4. The van der Waals surface area contributed by atoms with Crippen LogP contribution in [0.25, 0.3) is 22.1 Å². The van der Waals surface area contributed by atoms with E-state index < -0.39 is 0 Å². The summed E-state index contributed by atoms with van der Waals surface area (Å²) in [6, 6.07) is 16.9. The van der Waals surface area contributed by atoms with Crippen molar-refractivity contribution in [2.24, 2.45) is 9.98 Å². The van der Waals surface area contributed by atoms with Crippen molar-refractivity contribution < 1.29 is 4.42 Å². The molecule has 4 nitrogen and oxygen atoms in total. The SMILES string of the molecule is C=CCC1N=C(C=C)c2ccccc2C1C1N=C(C)c2ccc3c(oc4nc(C)ccc43)c21. The van der Waals surface area contributed by atoms with E-state index in [0.717, 1.165) is 56.6 Å². The van der Waals surface area contributed by atoms with Gasteiger partial charge in [-0.25, -0.2) is 4.98 Å². The van der Waals surface area contributed by atoms with Gasteiger partial charge in [-0.2, -0.15) is 0 Å². The lowest BCUT2D eigenvalue weighted by Gasteiger charge is -2.34. The monoisotopic (exact) mass is 431 g/mol. The number of benzene rings is 2. The van der Waals surface area contributed by atoms with Crippen molar-refractivity contribution >= 4 is 33.5 Å². The first kappa shape index (κ1) is 19.9. The number of aliphatic imine (C=N–C) groups is 2. The Balaban J connectivity index is 1.62. The molecule has 0 fully saturated rings. The zero-order chi connectivity index (χ0) is 22.7. The zero-order valence-electron chi connectivity index (χ0n) is 18.9. The van der Waals surface area contributed by atoms with Gasteiger partial charge in [0.15, 0.2) is 0 Å². The Morgan fingerprint density at radius 1 is 0.939 bits per heavy atom. The lowest BCUT2D eigenvalue weighted by Crippen LogP contribution is -2.29. The summed E-state index contributed by atoms with van der Waals surface area (Å²) in [4.78, 5) is 15.0. The maximum absolute atomic E-state index is 6.41. The Morgan fingerprint density at radius 2 is 1.76 bits per heavy atom. The van der Waals surface area contributed by atoms with E-state index in [1.54, 1.807) is 0 Å². The highest BCUT2D eigenvalue weighted by Gasteiger charge is 2.41. The molecule has 6 rings (SSSR count). The molecule has 0 saturated heterocycles. The van der Waals surface area contributed by atoms with Gasteiger partial charge in [-0.1, -0.05) is 43.0 Å². The molecule has 2 aromatic heterocycles. The first-order valence-electron chi connectivity index (χ1n) is 11.4. The number of fused-ring (bicyclic) bond motifs is 6. The van der Waals surface area contributed by atoms with Gasteiger partial charge in [0.2, 0.25) is 5.71 Å². The summed E-state index contributed by atoms with van der Waals surface area (Å²) in [5, 5.41) is 2.13. The molecule has 2 aromatic carbocycles. The molecule has 0 saturated carbocycles. The second-order valence-corrected chi connectivity index (χ2v) is 8.89. The summed E-state index contributed by atoms with van der Waals surface area (Å²) in [6.07, 6.45) is 4.58. The van der Waals surface area contributed by atoms with Gasteiger partial charge in [-0.15, -0.1) is 6.58 Å². The number of nitrogens with zero attached hydrogens (tertiary/aromatic N) is 3. The molecule has 0 N–H and O–H groups in total. The third-order valence-electron chi connectivity index (χ3n) is 6.96. The summed E-state index contributed by atoms with van der Waals surface area (Å²) < 4.78 is 6.41. The Hall–Kier alpha value is -3.79. The zero-order valence-corrected chi connectivity index (χ0v) is 18.9. The molecule has 33 heavy (non-hydrogen) atoms. The molecule has 0 amide bonds. The highest BCUT2D eigenvalue weighted by atomic mass is 16.3. The average Bonchev–Trinajstić information content (AvgIpc) is 3.35. The number of aromatic nitrogens is 1. The first-order chi connectivity index (χ1) is 16.1. The molecule has 0 radical (unpaired) electrons. The van der Waals surface area contributed by atoms with Crippen LogP contribution >= 0.6 is 0 Å². The van der Waals surface area contributed by atoms with Gasteiger partial charge in [-0.3, -0.25) is 9.98 Å². The predicted molar refractivity (Wildman–Crippen MR) is 136 cm³/mol. The van der Waals surface area contributed by atoms with E-state index in [4.69, 9.17) is 14.4 Å². The number of pyridine rings is 1. The number of hydrogen-bond donors (Lipinski definition) is 0. The van der Waals surface area contributed by atoms with Crippen LogP contribution in [0.4, 0.5) is 0 Å². The van der Waals surface area contributed by atoms with Gasteiger partial charge < -0.3 is 4.42 Å². The van der Waals surface area contributed by atoms with E-state index in [1.807, 2.05) is 25.1 Å². The van der Waals surface area contributed by atoms with Crippen molar-refractivity contribution in [3.05, 3.63) is 102 Å². The van der Waals surface area contributed by atoms with Crippen molar-refractivity contribution in [2.75, 3.05) is 0 Å². The van der Waals surface area contributed by atoms with Gasteiger partial charge >= 0.3 is 0 Å². The van der Waals surface area contributed by atoms with Crippen molar-refractivity contribution in [1.29, 1.82) is 0 Å². The summed E-state index contributed by atoms with van der Waals surface area (Å²) in [6.45, 7) is 12.1. The smallest absolute Gasteiger partial charge is 0.227 e. The summed E-state index contributed by atoms with van der Waals surface area (Å²) in [5.74, 6) is 0.0765. The van der Waals surface area contributed by atoms with Crippen LogP contribution in [-0.2, 0) is 0 Å². The molecule has 2 aliphatic rings. The van der Waals surface area contributed by atoms with E-state index in [2.05, 4.69) is 67.5 Å². The maximum atomic E-state index is 6.41. The van der Waals surface area contributed by atoms with Crippen molar-refractivity contribution in [2.45, 2.75) is 38.3 Å². The molecule has 0 aliphatic carbocycles. The van der Waals surface area contributed by atoms with E-state index in [1.165, 1.54) is 5.56 Å². The molecule has 0 spiro atoms. The van der Waals surface area contributed by atoms with Gasteiger partial charge in [0.25, 0.3) is 0 Å². The van der Waals surface area contributed by atoms with Gasteiger partial charge in [-0.05, 0) is 50.1 Å². The van der Waals surface area contributed by atoms with Gasteiger partial charge in [0.05, 0.1) is 17.8 Å². The Labute approximate surface area is 193 Å². The lowest BCUT2D eigenvalue weighted by atomic mass is 9.76. The molecular weight excluding hydrogens is 406 g/mol. The van der Waals surface area contributed by atoms with Crippen LogP contribution in [0, 0.1) is 6.92 Å². The lowest BCUT2D eigenvalue weighted by molar-refractivity contribution is 0.459. The number of aryl methyl sites for hydroxylation is 1. The van der Waals surface area contributed by atoms with E-state index >= 15 is 0 Å². The molecule has 162 valence electrons. The van der Waals surface area contributed by atoms with Crippen molar-refractivity contribution in [3.63, 3.8) is 0 Å². The van der Waals surface area contributed by atoms with Gasteiger partial charge in [0.1, 0.15) is 5.58 Å². The number of hydrogen-bond acceptors (Lipinski definition) is 4. The van der Waals surface area contributed by atoms with Crippen LogP contribution in [0.15, 0.2) is 88.2 Å². The fraction of sp³-hybridized carbons (Fsp3) is 0.207. The molecule has 4 heterocycles. The molecule has 2 aliphatic heterocycles. The normalized spacial score (nSPS) is 21.5. The summed E-state index contributed by atoms with van der Waals surface area (Å²) >= 11 is 0. The molecule has 4 aromatic rings. The Kier molecular flexibility index (Phi) is 4.44. The predicted octanol–water partition coefficient (Wildman–Crippen LogP) is 6.87. The Morgan fingerprint density at radius 3 is 2.58 bits per heavy atom. The van der Waals surface area contributed by atoms with E-state index in [9.17, 15) is 0 Å². The molecule has 3 atom stereocenters. The van der Waals surface area contributed by atoms with Crippen LogP contribution < -0.4 is 0 Å². The van der Waals surface area contributed by atoms with Crippen molar-refractivity contribution in [1.82, 2.24) is 4.98 Å². The topological polar surface area (TPSA) is 50.8 Å². The summed E-state index contributed by atoms with van der Waals surface area (Å²) in [5.41, 5.74) is 9.17. The molecule has 0 bridgehead atoms. The summed E-state index contributed by atoms with van der Waals surface area (Å²) in [7, 11) is 0. The van der Waals surface area contributed by atoms with E-state index in [-0.39, 0.29) is 18.0 Å². The molecule has 4 heteroatoms.